The number of benzene rings is 1. The molecular formula is C24H27N3O3S2. The molecular weight excluding hydrogens is 442 g/mol. The van der Waals surface area contributed by atoms with Crippen molar-refractivity contribution in [1.29, 1.82) is 0 Å². The third-order valence-electron chi connectivity index (χ3n) is 5.69. The standard InChI is InChI=1S/C24H27N3O3S2/c1-5-11-27-23(29)20(32-24(27)31)12-18-21(25-13-15(3)30-16(4)14-25)17-9-7-8-10-19(17)26(6-2)22(18)28/h5,7-10,12,15-16H,1,6,11,13-14H2,2-4H3. The van der Waals surface area contributed by atoms with Crippen molar-refractivity contribution in [2.75, 3.05) is 24.5 Å². The van der Waals surface area contributed by atoms with Gasteiger partial charge in [-0.25, -0.2) is 0 Å². The Hall–Kier alpha value is -2.42. The zero-order chi connectivity index (χ0) is 23.0. The van der Waals surface area contributed by atoms with Crippen LogP contribution in [0, 0.1) is 0 Å². The number of fused-ring (bicyclic) bond motifs is 1. The number of thiocarbonyl (C=S) groups is 1. The number of hydrogen-bond donors (Lipinski definition) is 0. The first-order valence-corrected chi connectivity index (χ1v) is 12.0. The molecule has 2 aromatic rings. The van der Waals surface area contributed by atoms with Crippen LogP contribution in [-0.2, 0) is 16.1 Å². The van der Waals surface area contributed by atoms with Gasteiger partial charge < -0.3 is 14.2 Å². The lowest BCUT2D eigenvalue weighted by molar-refractivity contribution is -0.121. The average Bonchev–Trinajstić information content (AvgIpc) is 3.01. The van der Waals surface area contributed by atoms with Crippen LogP contribution in [0.3, 0.4) is 0 Å². The summed E-state index contributed by atoms with van der Waals surface area (Å²) in [5, 5.41) is 0.989. The molecule has 0 spiro atoms. The van der Waals surface area contributed by atoms with Crippen LogP contribution in [0.1, 0.15) is 26.3 Å². The second-order valence-electron chi connectivity index (χ2n) is 8.07. The number of morpholine rings is 1. The number of thioether (sulfide) groups is 1. The topological polar surface area (TPSA) is 54.8 Å². The van der Waals surface area contributed by atoms with E-state index in [4.69, 9.17) is 17.0 Å². The Morgan fingerprint density at radius 1 is 1.22 bits per heavy atom. The van der Waals surface area contributed by atoms with Gasteiger partial charge in [0.25, 0.3) is 11.5 Å². The molecule has 2 atom stereocenters. The Morgan fingerprint density at radius 2 is 1.91 bits per heavy atom. The van der Waals surface area contributed by atoms with Gasteiger partial charge >= 0.3 is 0 Å². The van der Waals surface area contributed by atoms with E-state index in [1.165, 1.54) is 16.7 Å². The fraction of sp³-hybridized carbons (Fsp3) is 0.375. The maximum absolute atomic E-state index is 13.7. The molecule has 4 rings (SSSR count). The third kappa shape index (κ3) is 4.02. The molecule has 1 aromatic carbocycles. The van der Waals surface area contributed by atoms with E-state index in [-0.39, 0.29) is 23.7 Å². The van der Waals surface area contributed by atoms with Crippen LogP contribution in [0.5, 0.6) is 0 Å². The molecule has 2 unspecified atom stereocenters. The Bertz CT molecular complexity index is 1180. The minimum absolute atomic E-state index is 0.0322. The van der Waals surface area contributed by atoms with Gasteiger partial charge in [-0.3, -0.25) is 14.5 Å². The van der Waals surface area contributed by atoms with Gasteiger partial charge in [-0.05, 0) is 32.9 Å². The second kappa shape index (κ2) is 9.21. The third-order valence-corrected chi connectivity index (χ3v) is 7.07. The molecule has 2 aliphatic heterocycles. The molecule has 0 aliphatic carbocycles. The zero-order valence-corrected chi connectivity index (χ0v) is 20.2. The highest BCUT2D eigenvalue weighted by atomic mass is 32.2. The van der Waals surface area contributed by atoms with E-state index in [1.807, 2.05) is 45.0 Å². The Morgan fingerprint density at radius 3 is 2.56 bits per heavy atom. The van der Waals surface area contributed by atoms with Gasteiger partial charge in [0.15, 0.2) is 0 Å². The number of rotatable bonds is 5. The number of hydrogen-bond acceptors (Lipinski definition) is 6. The Kier molecular flexibility index (Phi) is 6.55. The molecule has 168 valence electrons. The molecule has 6 nitrogen and oxygen atoms in total. The second-order valence-corrected chi connectivity index (χ2v) is 9.75. The van der Waals surface area contributed by atoms with Crippen molar-refractivity contribution >= 4 is 56.9 Å². The number of amides is 1. The van der Waals surface area contributed by atoms with E-state index >= 15 is 0 Å². The van der Waals surface area contributed by atoms with Gasteiger partial charge in [0.05, 0.1) is 33.9 Å². The summed E-state index contributed by atoms with van der Waals surface area (Å²) in [6.07, 6.45) is 3.44. The van der Waals surface area contributed by atoms with Crippen molar-refractivity contribution in [2.24, 2.45) is 0 Å². The number of aromatic nitrogens is 1. The number of carbonyl (C=O) groups is 1. The van der Waals surface area contributed by atoms with Crippen LogP contribution >= 0.6 is 24.0 Å². The Balaban J connectivity index is 1.96. The molecule has 2 saturated heterocycles. The molecule has 2 aliphatic rings. The molecule has 1 amide bonds. The lowest BCUT2D eigenvalue weighted by Crippen LogP contribution is -2.46. The average molecular weight is 470 g/mol. The fourth-order valence-corrected chi connectivity index (χ4v) is 5.73. The van der Waals surface area contributed by atoms with E-state index < -0.39 is 0 Å². The number of pyridine rings is 1. The van der Waals surface area contributed by atoms with Crippen molar-refractivity contribution in [3.05, 3.63) is 57.7 Å². The van der Waals surface area contributed by atoms with E-state index in [0.717, 1.165) is 16.6 Å². The van der Waals surface area contributed by atoms with Crippen LogP contribution in [-0.4, -0.2) is 51.5 Å². The first-order chi connectivity index (χ1) is 15.3. The first-order valence-electron chi connectivity index (χ1n) is 10.8. The summed E-state index contributed by atoms with van der Waals surface area (Å²) < 4.78 is 8.18. The van der Waals surface area contributed by atoms with Gasteiger partial charge in [0, 0.05) is 31.6 Å². The van der Waals surface area contributed by atoms with Crippen molar-refractivity contribution in [1.82, 2.24) is 9.47 Å². The van der Waals surface area contributed by atoms with Gasteiger partial charge in [0.1, 0.15) is 4.32 Å². The van der Waals surface area contributed by atoms with Crippen LogP contribution in [0.4, 0.5) is 5.69 Å². The minimum atomic E-state index is -0.190. The van der Waals surface area contributed by atoms with Crippen molar-refractivity contribution in [3.63, 3.8) is 0 Å². The SMILES string of the molecule is C=CCN1C(=O)C(=Cc2c(N3CC(C)OC(C)C3)c3ccccc3n(CC)c2=O)SC1=S. The summed E-state index contributed by atoms with van der Waals surface area (Å²) >= 11 is 6.62. The molecule has 8 heteroatoms. The summed E-state index contributed by atoms with van der Waals surface area (Å²) in [5.41, 5.74) is 2.15. The van der Waals surface area contributed by atoms with Crippen LogP contribution < -0.4 is 10.5 Å². The summed E-state index contributed by atoms with van der Waals surface area (Å²) in [5.74, 6) is -0.190. The molecule has 32 heavy (non-hydrogen) atoms. The predicted octanol–water partition coefficient (Wildman–Crippen LogP) is 4.02. The van der Waals surface area contributed by atoms with E-state index in [1.54, 1.807) is 16.7 Å². The molecule has 0 saturated carbocycles. The normalized spacial score (nSPS) is 22.9. The first kappa shape index (κ1) is 22.8. The maximum Gasteiger partial charge on any atom is 0.266 e. The number of ether oxygens (including phenoxy) is 1. The minimum Gasteiger partial charge on any atom is -0.372 e. The summed E-state index contributed by atoms with van der Waals surface area (Å²) in [4.78, 5) is 30.9. The highest BCUT2D eigenvalue weighted by Crippen LogP contribution is 2.36. The Labute approximate surface area is 197 Å². The van der Waals surface area contributed by atoms with Gasteiger partial charge in [-0.1, -0.05) is 48.3 Å². The van der Waals surface area contributed by atoms with Crippen molar-refractivity contribution in [3.8, 4) is 0 Å². The smallest absolute Gasteiger partial charge is 0.266 e. The van der Waals surface area contributed by atoms with E-state index in [9.17, 15) is 9.59 Å². The molecule has 0 N–H and O–H groups in total. The molecule has 0 bridgehead atoms. The van der Waals surface area contributed by atoms with E-state index in [2.05, 4.69) is 11.5 Å². The summed E-state index contributed by atoms with van der Waals surface area (Å²) in [6.45, 7) is 12.0. The van der Waals surface area contributed by atoms with Crippen LogP contribution in [0.2, 0.25) is 0 Å². The number of aryl methyl sites for hydroxylation is 1. The fourth-order valence-electron chi connectivity index (χ4n) is 4.47. The summed E-state index contributed by atoms with van der Waals surface area (Å²) in [6, 6.07) is 7.95. The highest BCUT2D eigenvalue weighted by Gasteiger charge is 2.33. The summed E-state index contributed by atoms with van der Waals surface area (Å²) in [7, 11) is 0. The number of nitrogens with zero attached hydrogens (tertiary/aromatic N) is 3. The lowest BCUT2D eigenvalue weighted by atomic mass is 10.0. The zero-order valence-electron chi connectivity index (χ0n) is 18.5. The van der Waals surface area contributed by atoms with Gasteiger partial charge in [-0.2, -0.15) is 0 Å². The monoisotopic (exact) mass is 469 g/mol. The number of para-hydroxylation sites is 1. The van der Waals surface area contributed by atoms with Crippen molar-refractivity contribution < 1.29 is 9.53 Å². The molecule has 3 heterocycles. The number of anilines is 1. The lowest BCUT2D eigenvalue weighted by Gasteiger charge is -2.38. The quantitative estimate of drug-likeness (QED) is 0.375. The number of carbonyl (C=O) groups excluding carboxylic acids is 1. The van der Waals surface area contributed by atoms with E-state index in [0.29, 0.717) is 41.0 Å². The van der Waals surface area contributed by atoms with Crippen molar-refractivity contribution in [2.45, 2.75) is 39.5 Å². The highest BCUT2D eigenvalue weighted by molar-refractivity contribution is 8.26. The van der Waals surface area contributed by atoms with Crippen LogP contribution in [0.15, 0.2) is 46.6 Å². The largest absolute Gasteiger partial charge is 0.372 e. The van der Waals surface area contributed by atoms with Gasteiger partial charge in [-0.15, -0.1) is 6.58 Å². The molecule has 0 radical (unpaired) electrons. The molecule has 2 fully saturated rings. The maximum atomic E-state index is 13.7. The van der Waals surface area contributed by atoms with Gasteiger partial charge in [0.2, 0.25) is 0 Å². The van der Waals surface area contributed by atoms with Crippen LogP contribution in [0.25, 0.3) is 17.0 Å². The molecule has 1 aromatic heterocycles. The predicted molar refractivity (Wildman–Crippen MR) is 136 cm³/mol.